The lowest BCUT2D eigenvalue weighted by Gasteiger charge is -2.25. The fraction of sp³-hybridized carbons (Fsp3) is 0.310. The van der Waals surface area contributed by atoms with E-state index in [-0.39, 0.29) is 33.7 Å². The molecule has 6 rings (SSSR count). The average Bonchev–Trinajstić information content (AvgIpc) is 3.04. The summed E-state index contributed by atoms with van der Waals surface area (Å²) in [7, 11) is -4.30. The van der Waals surface area contributed by atoms with Gasteiger partial charge in [-0.3, -0.25) is 4.98 Å². The summed E-state index contributed by atoms with van der Waals surface area (Å²) in [5.74, 6) is 0.0786. The van der Waals surface area contributed by atoms with Crippen LogP contribution in [0.3, 0.4) is 0 Å². The molecule has 0 aliphatic heterocycles. The van der Waals surface area contributed by atoms with Gasteiger partial charge >= 0.3 is 10.1 Å². The molecular formula is C42H44FNO5S. The van der Waals surface area contributed by atoms with Crippen LogP contribution in [-0.2, 0) is 27.7 Å². The van der Waals surface area contributed by atoms with Crippen molar-refractivity contribution in [3.8, 4) is 22.8 Å². The average molecular weight is 694 g/mol. The highest BCUT2D eigenvalue weighted by atomic mass is 32.2. The molecule has 5 aromatic carbocycles. The summed E-state index contributed by atoms with van der Waals surface area (Å²) >= 11 is 0. The van der Waals surface area contributed by atoms with E-state index in [1.165, 1.54) is 29.8 Å². The summed E-state index contributed by atoms with van der Waals surface area (Å²) in [4.78, 5) is 4.88. The van der Waals surface area contributed by atoms with Crippen molar-refractivity contribution in [2.24, 2.45) is 10.8 Å². The lowest BCUT2D eigenvalue weighted by molar-refractivity contribution is 0.0221. The maximum absolute atomic E-state index is 15.4. The predicted octanol–water partition coefficient (Wildman–Crippen LogP) is 10.7. The molecule has 8 heteroatoms. The molecule has 50 heavy (non-hydrogen) atoms. The monoisotopic (exact) mass is 693 g/mol. The first kappa shape index (κ1) is 35.3. The molecule has 0 saturated carbocycles. The van der Waals surface area contributed by atoms with Gasteiger partial charge in [0.25, 0.3) is 0 Å². The maximum atomic E-state index is 15.4. The molecule has 0 atom stereocenters. The zero-order valence-electron chi connectivity index (χ0n) is 29.8. The highest BCUT2D eigenvalue weighted by Crippen LogP contribution is 2.47. The Balaban J connectivity index is 1.72. The molecule has 260 valence electrons. The van der Waals surface area contributed by atoms with Gasteiger partial charge in [-0.05, 0) is 94.1 Å². The van der Waals surface area contributed by atoms with Gasteiger partial charge in [-0.25, -0.2) is 4.39 Å². The van der Waals surface area contributed by atoms with Gasteiger partial charge in [-0.2, -0.15) is 8.42 Å². The normalized spacial score (nSPS) is 12.6. The molecule has 0 aliphatic carbocycles. The molecule has 0 radical (unpaired) electrons. The smallest absolute Gasteiger partial charge is 0.339 e. The van der Waals surface area contributed by atoms with E-state index in [1.54, 1.807) is 36.5 Å². The van der Waals surface area contributed by atoms with Crippen molar-refractivity contribution in [3.63, 3.8) is 0 Å². The third-order valence-electron chi connectivity index (χ3n) is 8.49. The van der Waals surface area contributed by atoms with Gasteiger partial charge in [0.05, 0.1) is 11.1 Å². The molecule has 0 bridgehead atoms. The second-order valence-electron chi connectivity index (χ2n) is 15.2. The molecule has 0 aliphatic rings. The van der Waals surface area contributed by atoms with E-state index in [0.717, 1.165) is 22.8 Å². The van der Waals surface area contributed by atoms with Crippen LogP contribution in [0.5, 0.6) is 11.5 Å². The molecule has 6 aromatic rings. The minimum absolute atomic E-state index is 0.0128. The Bertz CT molecular complexity index is 2310. The van der Waals surface area contributed by atoms with Crippen LogP contribution in [0.15, 0.2) is 96.0 Å². The Hall–Kier alpha value is -4.53. The van der Waals surface area contributed by atoms with Crippen LogP contribution in [0, 0.1) is 16.6 Å². The minimum Gasteiger partial charge on any atom is -0.467 e. The van der Waals surface area contributed by atoms with Crippen molar-refractivity contribution in [2.45, 2.75) is 66.2 Å². The molecule has 1 heterocycles. The molecule has 0 N–H and O–H groups in total. The van der Waals surface area contributed by atoms with Gasteiger partial charge < -0.3 is 13.7 Å². The third kappa shape index (κ3) is 7.47. The predicted molar refractivity (Wildman–Crippen MR) is 200 cm³/mol. The molecular weight excluding hydrogens is 650 g/mol. The summed E-state index contributed by atoms with van der Waals surface area (Å²) < 4.78 is 61.0. The molecule has 0 saturated heterocycles. The summed E-state index contributed by atoms with van der Waals surface area (Å²) in [5.41, 5.74) is 3.28. The molecule has 0 unspecified atom stereocenters. The fourth-order valence-electron chi connectivity index (χ4n) is 6.55. The number of halogens is 1. The van der Waals surface area contributed by atoms with E-state index in [0.29, 0.717) is 46.2 Å². The Morgan fingerprint density at radius 1 is 0.760 bits per heavy atom. The van der Waals surface area contributed by atoms with Crippen molar-refractivity contribution in [1.82, 2.24) is 4.98 Å². The van der Waals surface area contributed by atoms with Crippen LogP contribution < -0.4 is 8.92 Å². The first-order chi connectivity index (χ1) is 23.6. The van der Waals surface area contributed by atoms with E-state index >= 15 is 4.39 Å². The minimum atomic E-state index is -4.30. The second kappa shape index (κ2) is 13.6. The summed E-state index contributed by atoms with van der Waals surface area (Å²) in [5, 5.41) is 3.94. The van der Waals surface area contributed by atoms with Crippen molar-refractivity contribution in [2.75, 3.05) is 13.4 Å². The van der Waals surface area contributed by atoms with Gasteiger partial charge in [-0.15, -0.1) is 0 Å². The highest BCUT2D eigenvalue weighted by Gasteiger charge is 2.27. The van der Waals surface area contributed by atoms with E-state index in [4.69, 9.17) is 18.6 Å². The lowest BCUT2D eigenvalue weighted by atomic mass is 9.82. The van der Waals surface area contributed by atoms with Crippen LogP contribution in [0.2, 0.25) is 0 Å². The number of nitrogens with zero attached hydrogens (tertiary/aromatic N) is 1. The summed E-state index contributed by atoms with van der Waals surface area (Å²) in [6.45, 7) is 15.6. The van der Waals surface area contributed by atoms with Crippen LogP contribution >= 0.6 is 0 Å². The van der Waals surface area contributed by atoms with E-state index in [9.17, 15) is 8.42 Å². The van der Waals surface area contributed by atoms with Crippen LogP contribution in [0.4, 0.5) is 4.39 Å². The Morgan fingerprint density at radius 3 is 2.20 bits per heavy atom. The number of benzene rings is 5. The second-order valence-corrected chi connectivity index (χ2v) is 16.7. The number of hydrogen-bond donors (Lipinski definition) is 0. The standard InChI is InChI=1S/C42H44FNO5S/c1-8-47-26-48-40-34(22-28-21-27(24-41(2,3)4)17-18-30(28)35(40)25-42(5,6)7)39-38-32(19-20-44-39)31-15-12-16-36(43)33(31)23-37(38)49-50(45,46)29-13-10-9-11-14-29/h9-23H,8,24-26H2,1-7H3. The number of rotatable bonds is 10. The quantitative estimate of drug-likeness (QED) is 0.0615. The Labute approximate surface area is 294 Å². The molecule has 1 aromatic heterocycles. The largest absolute Gasteiger partial charge is 0.467 e. The van der Waals surface area contributed by atoms with Crippen molar-refractivity contribution < 1.29 is 26.5 Å². The van der Waals surface area contributed by atoms with Gasteiger partial charge in [-0.1, -0.05) is 90.1 Å². The number of fused-ring (bicyclic) bond motifs is 4. The van der Waals surface area contributed by atoms with Gasteiger partial charge in [0.1, 0.15) is 16.5 Å². The first-order valence-corrected chi connectivity index (χ1v) is 18.3. The summed E-state index contributed by atoms with van der Waals surface area (Å²) in [6, 6.07) is 24.6. The van der Waals surface area contributed by atoms with Gasteiger partial charge in [0.2, 0.25) is 0 Å². The van der Waals surface area contributed by atoms with Gasteiger partial charge in [0, 0.05) is 29.3 Å². The van der Waals surface area contributed by atoms with E-state index in [1.807, 2.05) is 13.0 Å². The van der Waals surface area contributed by atoms with Crippen molar-refractivity contribution in [1.29, 1.82) is 0 Å². The van der Waals surface area contributed by atoms with E-state index < -0.39 is 15.9 Å². The lowest BCUT2D eigenvalue weighted by Crippen LogP contribution is -2.14. The van der Waals surface area contributed by atoms with Crippen LogP contribution in [-0.4, -0.2) is 26.8 Å². The number of hydrogen-bond acceptors (Lipinski definition) is 6. The maximum Gasteiger partial charge on any atom is 0.339 e. The zero-order valence-corrected chi connectivity index (χ0v) is 30.6. The number of aromatic nitrogens is 1. The number of ether oxygens (including phenoxy) is 2. The third-order valence-corrected chi connectivity index (χ3v) is 9.74. The van der Waals surface area contributed by atoms with Gasteiger partial charge in [0.15, 0.2) is 12.5 Å². The SMILES string of the molecule is CCOCOc1c(-c2nccc3c2c(OS(=O)(=O)c2ccccc2)cc2c(F)cccc23)cc2cc(CC(C)(C)C)ccc2c1CC(C)(C)C. The first-order valence-electron chi connectivity index (χ1n) is 16.9. The van der Waals surface area contributed by atoms with E-state index in [2.05, 4.69) is 65.8 Å². The zero-order chi connectivity index (χ0) is 35.8. The Kier molecular flexibility index (Phi) is 9.64. The Morgan fingerprint density at radius 2 is 1.50 bits per heavy atom. The van der Waals surface area contributed by atoms with Crippen molar-refractivity contribution in [3.05, 3.63) is 108 Å². The molecule has 0 spiro atoms. The summed E-state index contributed by atoms with van der Waals surface area (Å²) in [6.07, 6.45) is 3.23. The molecule has 6 nitrogen and oxygen atoms in total. The van der Waals surface area contributed by atoms with Crippen LogP contribution in [0.1, 0.15) is 59.6 Å². The molecule has 0 amide bonds. The fourth-order valence-corrected chi connectivity index (χ4v) is 7.50. The number of pyridine rings is 1. The van der Waals surface area contributed by atoms with Crippen LogP contribution in [0.25, 0.3) is 43.6 Å². The van der Waals surface area contributed by atoms with Crippen molar-refractivity contribution >= 4 is 42.4 Å². The topological polar surface area (TPSA) is 74.7 Å². The molecule has 0 fully saturated rings. The highest BCUT2D eigenvalue weighted by molar-refractivity contribution is 7.87.